The molecule has 166 valence electrons. The predicted molar refractivity (Wildman–Crippen MR) is 123 cm³/mol. The highest BCUT2D eigenvalue weighted by atomic mass is 32.1. The van der Waals surface area contributed by atoms with Crippen molar-refractivity contribution in [2.75, 3.05) is 13.1 Å². The number of amides is 3. The van der Waals surface area contributed by atoms with Gasteiger partial charge in [-0.05, 0) is 55.2 Å². The molecule has 1 fully saturated rings. The lowest BCUT2D eigenvalue weighted by Crippen LogP contribution is -2.55. The second-order valence-corrected chi connectivity index (χ2v) is 9.41. The zero-order chi connectivity index (χ0) is 22.4. The Morgan fingerprint density at radius 3 is 2.23 bits per heavy atom. The molecule has 0 radical (unpaired) electrons. The second-order valence-electron chi connectivity index (χ2n) is 8.47. The highest BCUT2D eigenvalue weighted by Crippen LogP contribution is 2.23. The van der Waals surface area contributed by atoms with Crippen molar-refractivity contribution in [3.63, 3.8) is 0 Å². The minimum atomic E-state index is -0.621. The third-order valence-corrected chi connectivity index (χ3v) is 6.87. The van der Waals surface area contributed by atoms with Crippen molar-refractivity contribution >= 4 is 29.1 Å². The Labute approximate surface area is 188 Å². The minimum Gasteiger partial charge on any atom is -0.352 e. The van der Waals surface area contributed by atoms with E-state index in [1.165, 1.54) is 11.3 Å². The fourth-order valence-corrected chi connectivity index (χ4v) is 4.32. The van der Waals surface area contributed by atoms with E-state index in [-0.39, 0.29) is 29.7 Å². The number of thiophene rings is 1. The fourth-order valence-electron chi connectivity index (χ4n) is 3.70. The summed E-state index contributed by atoms with van der Waals surface area (Å²) in [5, 5.41) is 7.87. The monoisotopic (exact) mass is 441 g/mol. The van der Waals surface area contributed by atoms with Gasteiger partial charge in [-0.25, -0.2) is 0 Å². The van der Waals surface area contributed by atoms with Crippen molar-refractivity contribution in [3.8, 4) is 0 Å². The van der Waals surface area contributed by atoms with E-state index in [1.807, 2.05) is 53.6 Å². The minimum absolute atomic E-state index is 0.00777. The van der Waals surface area contributed by atoms with E-state index >= 15 is 0 Å². The normalized spacial score (nSPS) is 16.6. The van der Waals surface area contributed by atoms with Gasteiger partial charge in [0.15, 0.2) is 0 Å². The number of carbonyl (C=O) groups excluding carboxylic acids is 3. The maximum atomic E-state index is 13.1. The molecule has 0 aliphatic carbocycles. The number of rotatable bonds is 7. The summed E-state index contributed by atoms with van der Waals surface area (Å²) in [6, 6.07) is 12.2. The van der Waals surface area contributed by atoms with Crippen LogP contribution in [0.4, 0.5) is 0 Å². The predicted octanol–water partition coefficient (Wildman–Crippen LogP) is 3.56. The van der Waals surface area contributed by atoms with Crippen LogP contribution >= 0.6 is 11.3 Å². The van der Waals surface area contributed by atoms with Crippen LogP contribution in [0.2, 0.25) is 0 Å². The molecule has 0 spiro atoms. The van der Waals surface area contributed by atoms with Gasteiger partial charge in [0.1, 0.15) is 6.04 Å². The molecule has 1 aromatic carbocycles. The lowest BCUT2D eigenvalue weighted by atomic mass is 9.88. The molecule has 1 aliphatic rings. The van der Waals surface area contributed by atoms with E-state index in [0.717, 1.165) is 0 Å². The molecule has 2 atom stereocenters. The van der Waals surface area contributed by atoms with Crippen LogP contribution in [0.1, 0.15) is 53.6 Å². The highest BCUT2D eigenvalue weighted by molar-refractivity contribution is 7.12. The number of carbonyl (C=O) groups is 3. The molecule has 1 saturated heterocycles. The third-order valence-electron chi connectivity index (χ3n) is 6.00. The molecular formula is C24H31N3O3S. The van der Waals surface area contributed by atoms with Crippen molar-refractivity contribution in [3.05, 3.63) is 58.3 Å². The molecule has 0 saturated carbocycles. The van der Waals surface area contributed by atoms with Crippen LogP contribution in [0.5, 0.6) is 0 Å². The topological polar surface area (TPSA) is 78.5 Å². The van der Waals surface area contributed by atoms with Gasteiger partial charge in [0.05, 0.1) is 4.88 Å². The summed E-state index contributed by atoms with van der Waals surface area (Å²) >= 11 is 1.36. The van der Waals surface area contributed by atoms with Gasteiger partial charge in [0, 0.05) is 24.7 Å². The van der Waals surface area contributed by atoms with Crippen LogP contribution in [0.25, 0.3) is 0 Å². The first-order valence-electron chi connectivity index (χ1n) is 10.9. The third kappa shape index (κ3) is 5.94. The smallest absolute Gasteiger partial charge is 0.262 e. The largest absolute Gasteiger partial charge is 0.352 e. The molecule has 1 aromatic heterocycles. The van der Waals surface area contributed by atoms with Crippen molar-refractivity contribution in [2.24, 2.45) is 11.8 Å². The number of benzene rings is 1. The van der Waals surface area contributed by atoms with Crippen molar-refractivity contribution < 1.29 is 14.4 Å². The summed E-state index contributed by atoms with van der Waals surface area (Å²) in [6.07, 6.45) is 1.33. The summed E-state index contributed by atoms with van der Waals surface area (Å²) < 4.78 is 0. The molecule has 7 heteroatoms. The molecule has 6 nitrogen and oxygen atoms in total. The number of nitrogens with one attached hydrogen (secondary N) is 2. The van der Waals surface area contributed by atoms with Crippen LogP contribution < -0.4 is 10.6 Å². The average molecular weight is 442 g/mol. The molecule has 3 rings (SSSR count). The quantitative estimate of drug-likeness (QED) is 0.690. The van der Waals surface area contributed by atoms with Gasteiger partial charge in [-0.1, -0.05) is 38.1 Å². The van der Waals surface area contributed by atoms with E-state index in [4.69, 9.17) is 0 Å². The van der Waals surface area contributed by atoms with Gasteiger partial charge in [0.2, 0.25) is 5.91 Å². The molecule has 2 aromatic rings. The van der Waals surface area contributed by atoms with Crippen molar-refractivity contribution in [1.29, 1.82) is 0 Å². The van der Waals surface area contributed by atoms with Crippen LogP contribution in [0.15, 0.2) is 47.8 Å². The zero-order valence-corrected chi connectivity index (χ0v) is 19.2. The number of hydrogen-bond acceptors (Lipinski definition) is 4. The van der Waals surface area contributed by atoms with Crippen LogP contribution in [0.3, 0.4) is 0 Å². The van der Waals surface area contributed by atoms with Gasteiger partial charge < -0.3 is 15.5 Å². The van der Waals surface area contributed by atoms with Gasteiger partial charge in [-0.2, -0.15) is 0 Å². The SMILES string of the molecule is CC(C)[C@@H](C)NC(=O)[C@@H](NC(=O)c1cccs1)C1CCN(C(=O)c2ccccc2)CC1. The maximum Gasteiger partial charge on any atom is 0.262 e. The van der Waals surface area contributed by atoms with E-state index in [2.05, 4.69) is 24.5 Å². The number of nitrogens with zero attached hydrogens (tertiary/aromatic N) is 1. The molecule has 0 unspecified atom stereocenters. The molecule has 3 amide bonds. The molecule has 31 heavy (non-hydrogen) atoms. The standard InChI is InChI=1S/C24H31N3O3S/c1-16(2)17(3)25-23(29)21(26-22(28)20-10-7-15-31-20)18-11-13-27(14-12-18)24(30)19-8-5-4-6-9-19/h4-10,15-18,21H,11-14H2,1-3H3,(H,25,29)(H,26,28)/t17-,21+/m1/s1. The molecule has 1 aliphatic heterocycles. The Bertz CT molecular complexity index is 875. The lowest BCUT2D eigenvalue weighted by molar-refractivity contribution is -0.125. The Kier molecular flexibility index (Phi) is 7.85. The first-order chi connectivity index (χ1) is 14.9. The first kappa shape index (κ1) is 23.0. The Hall–Kier alpha value is -2.67. The number of hydrogen-bond donors (Lipinski definition) is 2. The molecular weight excluding hydrogens is 410 g/mol. The average Bonchev–Trinajstić information content (AvgIpc) is 3.32. The second kappa shape index (κ2) is 10.6. The van der Waals surface area contributed by atoms with Crippen LogP contribution in [0, 0.1) is 11.8 Å². The summed E-state index contributed by atoms with van der Waals surface area (Å²) in [4.78, 5) is 41.0. The zero-order valence-electron chi connectivity index (χ0n) is 18.3. The van der Waals surface area contributed by atoms with Crippen molar-refractivity contribution in [2.45, 2.75) is 45.7 Å². The Morgan fingerprint density at radius 2 is 1.65 bits per heavy atom. The summed E-state index contributed by atoms with van der Waals surface area (Å²) in [5.41, 5.74) is 0.673. The van der Waals surface area contributed by atoms with E-state index in [9.17, 15) is 14.4 Å². The van der Waals surface area contributed by atoms with Crippen LogP contribution in [-0.2, 0) is 4.79 Å². The fraction of sp³-hybridized carbons (Fsp3) is 0.458. The van der Waals surface area contributed by atoms with E-state index < -0.39 is 6.04 Å². The summed E-state index contributed by atoms with van der Waals surface area (Å²) in [6.45, 7) is 7.21. The van der Waals surface area contributed by atoms with Gasteiger partial charge in [-0.3, -0.25) is 14.4 Å². The lowest BCUT2D eigenvalue weighted by Gasteiger charge is -2.36. The molecule has 2 heterocycles. The molecule has 2 N–H and O–H groups in total. The van der Waals surface area contributed by atoms with Crippen LogP contribution in [-0.4, -0.2) is 47.8 Å². The first-order valence-corrected chi connectivity index (χ1v) is 11.7. The molecule has 0 bridgehead atoms. The van der Waals surface area contributed by atoms with E-state index in [1.54, 1.807) is 6.07 Å². The highest BCUT2D eigenvalue weighted by Gasteiger charge is 2.35. The summed E-state index contributed by atoms with van der Waals surface area (Å²) in [5.74, 6) is -0.101. The summed E-state index contributed by atoms with van der Waals surface area (Å²) in [7, 11) is 0. The number of piperidine rings is 1. The van der Waals surface area contributed by atoms with Gasteiger partial charge in [-0.15, -0.1) is 11.3 Å². The van der Waals surface area contributed by atoms with Crippen molar-refractivity contribution in [1.82, 2.24) is 15.5 Å². The maximum absolute atomic E-state index is 13.1. The van der Waals surface area contributed by atoms with E-state index in [0.29, 0.717) is 42.3 Å². The van der Waals surface area contributed by atoms with Gasteiger partial charge >= 0.3 is 0 Å². The number of likely N-dealkylation sites (tertiary alicyclic amines) is 1. The van der Waals surface area contributed by atoms with Gasteiger partial charge in [0.25, 0.3) is 11.8 Å². The Balaban J connectivity index is 1.68. The Morgan fingerprint density at radius 1 is 0.968 bits per heavy atom.